The Morgan fingerprint density at radius 2 is 1.68 bits per heavy atom. The molecule has 132 valence electrons. The van der Waals surface area contributed by atoms with Crippen LogP contribution in [0.25, 0.3) is 0 Å². The van der Waals surface area contributed by atoms with Crippen molar-refractivity contribution in [2.45, 2.75) is 32.2 Å². The Balaban J connectivity index is 1.72. The lowest BCUT2D eigenvalue weighted by Gasteiger charge is -2.33. The minimum absolute atomic E-state index is 0.0789. The van der Waals surface area contributed by atoms with Crippen LogP contribution in [0.15, 0.2) is 24.3 Å². The maximum atomic E-state index is 12.7. The third kappa shape index (κ3) is 3.32. The van der Waals surface area contributed by atoms with Crippen molar-refractivity contribution in [3.8, 4) is 0 Å². The van der Waals surface area contributed by atoms with Crippen molar-refractivity contribution in [3.63, 3.8) is 0 Å². The van der Waals surface area contributed by atoms with Gasteiger partial charge in [-0.15, -0.1) is 0 Å². The molecule has 2 aliphatic rings. The second-order valence-corrected chi connectivity index (χ2v) is 6.54. The monoisotopic (exact) mass is 344 g/mol. The van der Waals surface area contributed by atoms with Crippen molar-refractivity contribution in [2.75, 3.05) is 18.0 Å². The number of rotatable bonds is 4. The number of ketones is 1. The highest BCUT2D eigenvalue weighted by molar-refractivity contribution is 6.22. The molecule has 7 nitrogen and oxygen atoms in total. The van der Waals surface area contributed by atoms with E-state index < -0.39 is 12.0 Å². The van der Waals surface area contributed by atoms with Gasteiger partial charge in [0.25, 0.3) is 5.91 Å². The first kappa shape index (κ1) is 17.3. The molecular formula is C18H20N2O5. The molecule has 2 saturated heterocycles. The average molecular weight is 344 g/mol. The number of likely N-dealkylation sites (tertiary alicyclic amines) is 1. The van der Waals surface area contributed by atoms with Gasteiger partial charge in [-0.3, -0.25) is 24.1 Å². The smallest absolute Gasteiger partial charge is 0.306 e. The van der Waals surface area contributed by atoms with E-state index in [-0.39, 0.29) is 29.9 Å². The van der Waals surface area contributed by atoms with Gasteiger partial charge < -0.3 is 5.11 Å². The van der Waals surface area contributed by atoms with E-state index in [0.717, 1.165) is 4.90 Å². The number of carboxylic acid groups (broad SMARTS) is 1. The normalized spacial score (nSPS) is 22.4. The van der Waals surface area contributed by atoms with Crippen molar-refractivity contribution in [1.82, 2.24) is 4.90 Å². The standard InChI is InChI=1S/C18H20N2O5/c1-11(21)12-2-4-14(5-3-12)20-16(22)10-15(17(20)23)19-8-6-13(7-9-19)18(24)25/h2-5,13,15H,6-10H2,1H3,(H,24,25)/t15-/m1/s1. The largest absolute Gasteiger partial charge is 0.481 e. The molecule has 1 N–H and O–H groups in total. The number of imide groups is 1. The Hall–Kier alpha value is -2.54. The fourth-order valence-corrected chi connectivity index (χ4v) is 3.48. The highest BCUT2D eigenvalue weighted by atomic mass is 16.4. The number of carboxylic acids is 1. The van der Waals surface area contributed by atoms with Crippen LogP contribution in [-0.2, 0) is 14.4 Å². The molecule has 0 saturated carbocycles. The molecule has 0 aliphatic carbocycles. The van der Waals surface area contributed by atoms with Crippen molar-refractivity contribution >= 4 is 29.3 Å². The summed E-state index contributed by atoms with van der Waals surface area (Å²) >= 11 is 0. The van der Waals surface area contributed by atoms with Crippen molar-refractivity contribution in [3.05, 3.63) is 29.8 Å². The van der Waals surface area contributed by atoms with Gasteiger partial charge >= 0.3 is 5.97 Å². The van der Waals surface area contributed by atoms with E-state index in [1.54, 1.807) is 24.3 Å². The van der Waals surface area contributed by atoms with Crippen LogP contribution in [0.5, 0.6) is 0 Å². The topological polar surface area (TPSA) is 95.0 Å². The third-order valence-electron chi connectivity index (χ3n) is 4.97. The molecule has 1 aromatic rings. The number of aliphatic carboxylic acids is 1. The molecule has 2 amide bonds. The highest BCUT2D eigenvalue weighted by Crippen LogP contribution is 2.28. The third-order valence-corrected chi connectivity index (χ3v) is 4.97. The van der Waals surface area contributed by atoms with E-state index in [9.17, 15) is 19.2 Å². The lowest BCUT2D eigenvalue weighted by atomic mass is 9.96. The Morgan fingerprint density at radius 3 is 2.20 bits per heavy atom. The number of anilines is 1. The second kappa shape index (κ2) is 6.76. The summed E-state index contributed by atoms with van der Waals surface area (Å²) in [5.74, 6) is -1.82. The van der Waals surface area contributed by atoms with E-state index in [1.165, 1.54) is 6.92 Å². The molecule has 1 aromatic carbocycles. The minimum atomic E-state index is -0.805. The number of carbonyl (C=O) groups excluding carboxylic acids is 3. The second-order valence-electron chi connectivity index (χ2n) is 6.54. The molecular weight excluding hydrogens is 324 g/mol. The molecule has 2 heterocycles. The molecule has 0 radical (unpaired) electrons. The molecule has 0 spiro atoms. The maximum absolute atomic E-state index is 12.7. The number of hydrogen-bond donors (Lipinski definition) is 1. The van der Waals surface area contributed by atoms with Gasteiger partial charge in [0.2, 0.25) is 5.91 Å². The molecule has 25 heavy (non-hydrogen) atoms. The highest BCUT2D eigenvalue weighted by Gasteiger charge is 2.43. The van der Waals surface area contributed by atoms with E-state index >= 15 is 0 Å². The summed E-state index contributed by atoms with van der Waals surface area (Å²) in [7, 11) is 0. The predicted octanol–water partition coefficient (Wildman–Crippen LogP) is 1.32. The molecule has 2 aliphatic heterocycles. The number of Topliss-reactive ketones (excluding diaryl/α,β-unsaturated/α-hetero) is 1. The molecule has 0 unspecified atom stereocenters. The molecule has 3 rings (SSSR count). The molecule has 0 aromatic heterocycles. The van der Waals surface area contributed by atoms with Crippen LogP contribution in [0.3, 0.4) is 0 Å². The Morgan fingerprint density at radius 1 is 1.08 bits per heavy atom. The Bertz CT molecular complexity index is 719. The summed E-state index contributed by atoms with van der Waals surface area (Å²) < 4.78 is 0. The summed E-state index contributed by atoms with van der Waals surface area (Å²) in [4.78, 5) is 50.5. The average Bonchev–Trinajstić information content (AvgIpc) is 2.89. The van der Waals surface area contributed by atoms with Crippen LogP contribution in [0.4, 0.5) is 5.69 Å². The van der Waals surface area contributed by atoms with Crippen LogP contribution >= 0.6 is 0 Å². The van der Waals surface area contributed by atoms with Gasteiger partial charge in [0, 0.05) is 5.56 Å². The van der Waals surface area contributed by atoms with E-state index in [4.69, 9.17) is 5.11 Å². The lowest BCUT2D eigenvalue weighted by Crippen LogP contribution is -2.46. The van der Waals surface area contributed by atoms with Crippen LogP contribution in [0, 0.1) is 5.92 Å². The van der Waals surface area contributed by atoms with E-state index in [2.05, 4.69) is 0 Å². The maximum Gasteiger partial charge on any atom is 0.306 e. The quantitative estimate of drug-likeness (QED) is 0.654. The SMILES string of the molecule is CC(=O)c1ccc(N2C(=O)C[C@@H](N3CCC(C(=O)O)CC3)C2=O)cc1. The number of amides is 2. The first-order valence-electron chi connectivity index (χ1n) is 8.33. The van der Waals surface area contributed by atoms with Crippen molar-refractivity contribution < 1.29 is 24.3 Å². The lowest BCUT2D eigenvalue weighted by molar-refractivity contribution is -0.143. The summed E-state index contributed by atoms with van der Waals surface area (Å²) in [6.45, 7) is 2.45. The summed E-state index contributed by atoms with van der Waals surface area (Å²) in [5, 5.41) is 9.06. The predicted molar refractivity (Wildman–Crippen MR) is 89.3 cm³/mol. The summed E-state index contributed by atoms with van der Waals surface area (Å²) in [6.07, 6.45) is 1.08. The zero-order chi connectivity index (χ0) is 18.1. The number of carbonyl (C=O) groups is 4. The van der Waals surface area contributed by atoms with Gasteiger partial charge in [-0.2, -0.15) is 0 Å². The van der Waals surface area contributed by atoms with E-state index in [0.29, 0.717) is 37.2 Å². The summed E-state index contributed by atoms with van der Waals surface area (Å²) in [6, 6.07) is 5.88. The zero-order valence-corrected chi connectivity index (χ0v) is 14.0. The zero-order valence-electron chi connectivity index (χ0n) is 14.0. The van der Waals surface area contributed by atoms with Gasteiger partial charge in [0.05, 0.1) is 24.1 Å². The first-order valence-corrected chi connectivity index (χ1v) is 8.33. The number of hydrogen-bond acceptors (Lipinski definition) is 5. The van der Waals surface area contributed by atoms with Crippen molar-refractivity contribution in [1.29, 1.82) is 0 Å². The van der Waals surface area contributed by atoms with Crippen LogP contribution in [-0.4, -0.2) is 52.7 Å². The van der Waals surface area contributed by atoms with Gasteiger partial charge in [-0.05, 0) is 57.1 Å². The number of benzene rings is 1. The molecule has 0 bridgehead atoms. The Labute approximate surface area is 145 Å². The van der Waals surface area contributed by atoms with Gasteiger partial charge in [-0.1, -0.05) is 0 Å². The van der Waals surface area contributed by atoms with Gasteiger partial charge in [0.15, 0.2) is 5.78 Å². The minimum Gasteiger partial charge on any atom is -0.481 e. The molecule has 7 heteroatoms. The number of nitrogens with zero attached hydrogens (tertiary/aromatic N) is 2. The van der Waals surface area contributed by atoms with E-state index in [1.807, 2.05) is 4.90 Å². The van der Waals surface area contributed by atoms with Crippen LogP contribution in [0.2, 0.25) is 0 Å². The fraction of sp³-hybridized carbons (Fsp3) is 0.444. The molecule has 2 fully saturated rings. The fourth-order valence-electron chi connectivity index (χ4n) is 3.48. The first-order chi connectivity index (χ1) is 11.9. The van der Waals surface area contributed by atoms with Crippen LogP contribution < -0.4 is 4.90 Å². The summed E-state index contributed by atoms with van der Waals surface area (Å²) in [5.41, 5.74) is 0.984. The van der Waals surface area contributed by atoms with Crippen molar-refractivity contribution in [2.24, 2.45) is 5.92 Å². The van der Waals surface area contributed by atoms with Gasteiger partial charge in [-0.25, -0.2) is 4.90 Å². The number of piperidine rings is 1. The Kier molecular flexibility index (Phi) is 4.67. The van der Waals surface area contributed by atoms with Crippen LogP contribution in [0.1, 0.15) is 36.5 Å². The molecule has 1 atom stereocenters. The van der Waals surface area contributed by atoms with Gasteiger partial charge in [0.1, 0.15) is 0 Å².